The molecule has 1 aromatic rings. The highest BCUT2D eigenvalue weighted by Gasteiger charge is 2.11. The van der Waals surface area contributed by atoms with Crippen molar-refractivity contribution in [2.75, 3.05) is 0 Å². The molecule has 1 rings (SSSR count). The molecular weight excluding hydrogens is 250 g/mol. The number of hydrogen-bond donors (Lipinski definition) is 2. The monoisotopic (exact) mass is 277 g/mol. The van der Waals surface area contributed by atoms with Crippen LogP contribution in [-0.2, 0) is 11.2 Å². The molecule has 0 aromatic heterocycles. The summed E-state index contributed by atoms with van der Waals surface area (Å²) >= 11 is 0. The first-order valence-electron chi connectivity index (χ1n) is 7.40. The number of carbonyl (C=O) groups is 1. The van der Waals surface area contributed by atoms with Crippen molar-refractivity contribution in [2.45, 2.75) is 64.8 Å². The van der Waals surface area contributed by atoms with Gasteiger partial charge < -0.3 is 10.8 Å². The lowest BCUT2D eigenvalue weighted by atomic mass is 9.91. The first-order valence-corrected chi connectivity index (χ1v) is 7.40. The second-order valence-corrected chi connectivity index (χ2v) is 6.21. The number of aryl methyl sites for hydroxylation is 1. The van der Waals surface area contributed by atoms with E-state index in [0.29, 0.717) is 18.3 Å². The van der Waals surface area contributed by atoms with Gasteiger partial charge >= 0.3 is 5.97 Å². The van der Waals surface area contributed by atoms with Crippen molar-refractivity contribution in [3.8, 4) is 0 Å². The lowest BCUT2D eigenvalue weighted by molar-refractivity contribution is -0.137. The van der Waals surface area contributed by atoms with Gasteiger partial charge in [-0.3, -0.25) is 4.79 Å². The van der Waals surface area contributed by atoms with Crippen LogP contribution in [-0.4, -0.2) is 17.1 Å². The second kappa shape index (κ2) is 7.44. The molecule has 1 aromatic carbocycles. The molecule has 0 radical (unpaired) electrons. The van der Waals surface area contributed by atoms with E-state index in [2.05, 4.69) is 45.9 Å². The van der Waals surface area contributed by atoms with Crippen LogP contribution in [0.1, 0.15) is 69.1 Å². The van der Waals surface area contributed by atoms with Crippen molar-refractivity contribution in [1.82, 2.24) is 0 Å². The van der Waals surface area contributed by atoms with Crippen molar-refractivity contribution in [3.05, 3.63) is 34.9 Å². The predicted octanol–water partition coefficient (Wildman–Crippen LogP) is 3.67. The third-order valence-corrected chi connectivity index (χ3v) is 3.61. The third-order valence-electron chi connectivity index (χ3n) is 3.61. The molecule has 3 N–H and O–H groups in total. The maximum absolute atomic E-state index is 10.6. The van der Waals surface area contributed by atoms with Crippen molar-refractivity contribution in [1.29, 1.82) is 0 Å². The average molecular weight is 277 g/mol. The molecule has 3 nitrogen and oxygen atoms in total. The van der Waals surface area contributed by atoms with Crippen molar-refractivity contribution < 1.29 is 9.90 Å². The fourth-order valence-corrected chi connectivity index (χ4v) is 2.24. The molecule has 3 heteroatoms. The molecular formula is C17H27NO2. The van der Waals surface area contributed by atoms with Crippen LogP contribution >= 0.6 is 0 Å². The Morgan fingerprint density at radius 3 is 2.00 bits per heavy atom. The highest BCUT2D eigenvalue weighted by molar-refractivity contribution is 5.67. The minimum atomic E-state index is -0.823. The minimum Gasteiger partial charge on any atom is -0.481 e. The van der Waals surface area contributed by atoms with Gasteiger partial charge in [-0.2, -0.15) is 0 Å². The van der Waals surface area contributed by atoms with E-state index in [4.69, 9.17) is 10.8 Å². The van der Waals surface area contributed by atoms with E-state index in [1.807, 2.05) is 0 Å². The van der Waals surface area contributed by atoms with Crippen molar-refractivity contribution in [2.24, 2.45) is 5.73 Å². The highest BCUT2D eigenvalue weighted by Crippen LogP contribution is 2.24. The number of nitrogens with two attached hydrogens (primary N) is 1. The largest absolute Gasteiger partial charge is 0.481 e. The molecule has 0 saturated heterocycles. The third kappa shape index (κ3) is 5.33. The average Bonchev–Trinajstić information content (AvgIpc) is 2.35. The zero-order chi connectivity index (χ0) is 15.3. The Bertz CT molecular complexity index is 426. The van der Waals surface area contributed by atoms with Gasteiger partial charge in [0.2, 0.25) is 0 Å². The molecule has 0 saturated carbocycles. The van der Waals surface area contributed by atoms with Gasteiger partial charge in [0, 0.05) is 6.04 Å². The fraction of sp³-hybridized carbons (Fsp3) is 0.588. The van der Waals surface area contributed by atoms with Gasteiger partial charge in [0.25, 0.3) is 0 Å². The van der Waals surface area contributed by atoms with E-state index in [1.165, 1.54) is 16.7 Å². The summed E-state index contributed by atoms with van der Waals surface area (Å²) in [6.45, 7) is 8.78. The van der Waals surface area contributed by atoms with Crippen molar-refractivity contribution >= 4 is 5.97 Å². The van der Waals surface area contributed by atoms with Crippen molar-refractivity contribution in [3.63, 3.8) is 0 Å². The minimum absolute atomic E-state index is 0.0426. The van der Waals surface area contributed by atoms with Gasteiger partial charge in [0.05, 0.1) is 6.42 Å². The molecule has 0 aliphatic carbocycles. The van der Waals surface area contributed by atoms with E-state index >= 15 is 0 Å². The van der Waals surface area contributed by atoms with Gasteiger partial charge in [-0.25, -0.2) is 0 Å². The van der Waals surface area contributed by atoms with Crippen LogP contribution in [0.5, 0.6) is 0 Å². The van der Waals surface area contributed by atoms with Gasteiger partial charge in [-0.05, 0) is 41.4 Å². The summed E-state index contributed by atoms with van der Waals surface area (Å²) in [7, 11) is 0. The zero-order valence-corrected chi connectivity index (χ0v) is 13.0. The fourth-order valence-electron chi connectivity index (χ4n) is 2.24. The summed E-state index contributed by atoms with van der Waals surface area (Å²) in [4.78, 5) is 10.6. The Morgan fingerprint density at radius 2 is 1.60 bits per heavy atom. The molecule has 0 amide bonds. The van der Waals surface area contributed by atoms with E-state index in [-0.39, 0.29) is 12.5 Å². The molecule has 0 heterocycles. The van der Waals surface area contributed by atoms with E-state index < -0.39 is 5.97 Å². The number of hydrogen-bond acceptors (Lipinski definition) is 2. The Labute approximate surface area is 122 Å². The SMILES string of the molecule is CC(C)c1cc(CCC(N)CC(=O)O)cc(C(C)C)c1. The Morgan fingerprint density at radius 1 is 1.10 bits per heavy atom. The molecule has 0 spiro atoms. The van der Waals surface area contributed by atoms with Crippen LogP contribution in [0.15, 0.2) is 18.2 Å². The number of rotatable bonds is 7. The van der Waals surface area contributed by atoms with E-state index in [1.54, 1.807) is 0 Å². The molecule has 0 aliphatic rings. The van der Waals surface area contributed by atoms with Crippen LogP contribution in [0.3, 0.4) is 0 Å². The van der Waals surface area contributed by atoms with E-state index in [0.717, 1.165) is 6.42 Å². The van der Waals surface area contributed by atoms with Crippen LogP contribution < -0.4 is 5.73 Å². The molecule has 1 unspecified atom stereocenters. The molecule has 112 valence electrons. The van der Waals surface area contributed by atoms with Gasteiger partial charge in [0.15, 0.2) is 0 Å². The quantitative estimate of drug-likeness (QED) is 0.799. The first kappa shape index (κ1) is 16.7. The Hall–Kier alpha value is -1.35. The molecule has 0 bridgehead atoms. The zero-order valence-electron chi connectivity index (χ0n) is 13.0. The molecule has 1 atom stereocenters. The maximum atomic E-state index is 10.6. The summed E-state index contributed by atoms with van der Waals surface area (Å²) in [6.07, 6.45) is 1.60. The van der Waals surface area contributed by atoms with Crippen LogP contribution in [0, 0.1) is 0 Å². The lowest BCUT2D eigenvalue weighted by Crippen LogP contribution is -2.24. The van der Waals surface area contributed by atoms with Crippen LogP contribution in [0.4, 0.5) is 0 Å². The summed E-state index contributed by atoms with van der Waals surface area (Å²) in [5.41, 5.74) is 9.79. The summed E-state index contributed by atoms with van der Waals surface area (Å²) in [5.74, 6) is 0.177. The number of carboxylic acids is 1. The van der Waals surface area contributed by atoms with Crippen LogP contribution in [0.2, 0.25) is 0 Å². The molecule has 0 fully saturated rings. The predicted molar refractivity (Wildman–Crippen MR) is 83.2 cm³/mol. The normalized spacial score (nSPS) is 12.9. The maximum Gasteiger partial charge on any atom is 0.304 e. The first-order chi connectivity index (χ1) is 9.29. The number of aliphatic carboxylic acids is 1. The summed E-state index contributed by atoms with van der Waals surface area (Å²) in [6, 6.07) is 6.46. The Balaban J connectivity index is 2.80. The topological polar surface area (TPSA) is 63.3 Å². The van der Waals surface area contributed by atoms with Gasteiger partial charge in [-0.15, -0.1) is 0 Å². The Kier molecular flexibility index (Phi) is 6.21. The van der Waals surface area contributed by atoms with E-state index in [9.17, 15) is 4.79 Å². The molecule has 0 aliphatic heterocycles. The number of benzene rings is 1. The van der Waals surface area contributed by atoms with Gasteiger partial charge in [-0.1, -0.05) is 45.9 Å². The molecule has 20 heavy (non-hydrogen) atoms. The lowest BCUT2D eigenvalue weighted by Gasteiger charge is -2.15. The standard InChI is InChI=1S/C17H27NO2/c1-11(2)14-7-13(8-15(9-14)12(3)4)5-6-16(18)10-17(19)20/h7-9,11-12,16H,5-6,10,18H2,1-4H3,(H,19,20). The van der Waals surface area contributed by atoms with Gasteiger partial charge in [0.1, 0.15) is 0 Å². The summed E-state index contributed by atoms with van der Waals surface area (Å²) < 4.78 is 0. The second-order valence-electron chi connectivity index (χ2n) is 6.21. The highest BCUT2D eigenvalue weighted by atomic mass is 16.4. The smallest absolute Gasteiger partial charge is 0.304 e. The number of carboxylic acid groups (broad SMARTS) is 1. The summed E-state index contributed by atoms with van der Waals surface area (Å²) in [5, 5.41) is 8.73. The van der Waals surface area contributed by atoms with Crippen LogP contribution in [0.25, 0.3) is 0 Å².